The van der Waals surface area contributed by atoms with Crippen molar-refractivity contribution in [3.63, 3.8) is 0 Å². The lowest BCUT2D eigenvalue weighted by atomic mass is 9.93. The van der Waals surface area contributed by atoms with Gasteiger partial charge in [0.15, 0.2) is 0 Å². The Labute approximate surface area is 159 Å². The third-order valence-corrected chi connectivity index (χ3v) is 5.17. The summed E-state index contributed by atoms with van der Waals surface area (Å²) in [5, 5.41) is 14.9. The van der Waals surface area contributed by atoms with Crippen LogP contribution >= 0.6 is 0 Å². The number of fused-ring (bicyclic) bond motifs is 2. The number of nitriles is 1. The summed E-state index contributed by atoms with van der Waals surface area (Å²) in [6.07, 6.45) is 3.88. The number of aromatic nitrogens is 2. The van der Waals surface area contributed by atoms with Crippen molar-refractivity contribution in [3.8, 4) is 23.6 Å². The van der Waals surface area contributed by atoms with Gasteiger partial charge in [0, 0.05) is 35.5 Å². The smallest absolute Gasteiger partial charge is 0.130 e. The van der Waals surface area contributed by atoms with Crippen LogP contribution in [0.15, 0.2) is 54.6 Å². The van der Waals surface area contributed by atoms with E-state index in [1.165, 1.54) is 24.8 Å². The zero-order chi connectivity index (χ0) is 18.6. The van der Waals surface area contributed by atoms with Crippen LogP contribution in [0.3, 0.4) is 0 Å². The van der Waals surface area contributed by atoms with Gasteiger partial charge >= 0.3 is 0 Å². The largest absolute Gasteiger partial charge is 0.487 e. The zero-order valence-corrected chi connectivity index (χ0v) is 15.1. The molecule has 2 aliphatic rings. The van der Waals surface area contributed by atoms with Gasteiger partial charge in [0.1, 0.15) is 12.4 Å². The van der Waals surface area contributed by atoms with Crippen LogP contribution in [0, 0.1) is 11.8 Å². The van der Waals surface area contributed by atoms with Gasteiger partial charge in [0.2, 0.25) is 0 Å². The van der Waals surface area contributed by atoms with Gasteiger partial charge in [0.25, 0.3) is 0 Å². The van der Waals surface area contributed by atoms with E-state index < -0.39 is 0 Å². The second kappa shape index (κ2) is 7.55. The van der Waals surface area contributed by atoms with Crippen LogP contribution in [0.4, 0.5) is 5.69 Å². The molecule has 0 atom stereocenters. The van der Waals surface area contributed by atoms with E-state index in [2.05, 4.69) is 53.0 Å². The summed E-state index contributed by atoms with van der Waals surface area (Å²) in [4.78, 5) is 0. The molecule has 2 heterocycles. The summed E-state index contributed by atoms with van der Waals surface area (Å²) in [6.45, 7) is 4.81. The van der Waals surface area contributed by atoms with Crippen molar-refractivity contribution in [2.45, 2.75) is 38.5 Å². The van der Waals surface area contributed by atoms with Gasteiger partial charge in [-0.25, -0.2) is 5.26 Å². The van der Waals surface area contributed by atoms with Crippen LogP contribution in [0.25, 0.3) is 11.3 Å². The van der Waals surface area contributed by atoms with E-state index in [0.29, 0.717) is 12.6 Å². The Hall–Kier alpha value is -3.26. The summed E-state index contributed by atoms with van der Waals surface area (Å²) in [7, 11) is 0. The number of anilines is 1. The molecule has 0 saturated heterocycles. The van der Waals surface area contributed by atoms with Gasteiger partial charge in [-0.3, -0.25) is 4.68 Å². The predicted octanol–water partition coefficient (Wildman–Crippen LogP) is 4.59. The lowest BCUT2D eigenvalue weighted by molar-refractivity contribution is 0.302. The average molecular weight is 358 g/mol. The van der Waals surface area contributed by atoms with Crippen molar-refractivity contribution in [2.24, 2.45) is 0 Å². The maximum atomic E-state index is 6.50. The van der Waals surface area contributed by atoms with Gasteiger partial charge in [-0.15, -0.1) is 0 Å². The first-order chi connectivity index (χ1) is 13.3. The quantitative estimate of drug-likeness (QED) is 0.743. The Bertz CT molecular complexity index is 941. The molecule has 27 heavy (non-hydrogen) atoms. The van der Waals surface area contributed by atoms with Crippen LogP contribution < -0.4 is 10.1 Å². The molecule has 0 amide bonds. The maximum absolute atomic E-state index is 6.50. The Morgan fingerprint density at radius 3 is 2.63 bits per heavy atom. The molecule has 5 nitrogen and oxygen atoms in total. The average Bonchev–Trinajstić information content (AvgIpc) is 3.02. The summed E-state index contributed by atoms with van der Waals surface area (Å²) in [5.74, 6) is 0.969. The van der Waals surface area contributed by atoms with Crippen molar-refractivity contribution in [1.29, 1.82) is 5.26 Å². The first-order valence-electron chi connectivity index (χ1n) is 9.25. The minimum atomic E-state index is 0.555. The SMILES string of the molecule is C#N.c1ccc(-c2cc3n(n2)Cc2ccc(NC4CCC4)cc2OC3)cc1. The number of hydrogen-bond donors (Lipinski definition) is 1. The lowest BCUT2D eigenvalue weighted by Crippen LogP contribution is -2.26. The van der Waals surface area contributed by atoms with Crippen molar-refractivity contribution >= 4 is 5.69 Å². The molecule has 1 aliphatic heterocycles. The molecule has 0 unspecified atom stereocenters. The molecule has 0 radical (unpaired) electrons. The highest BCUT2D eigenvalue weighted by atomic mass is 16.5. The van der Waals surface area contributed by atoms with Crippen molar-refractivity contribution in [1.82, 2.24) is 9.78 Å². The van der Waals surface area contributed by atoms with Crippen molar-refractivity contribution in [2.75, 3.05) is 5.32 Å². The van der Waals surface area contributed by atoms with Crippen LogP contribution in [0.5, 0.6) is 5.75 Å². The summed E-state index contributed by atoms with van der Waals surface area (Å²) in [5.41, 5.74) is 5.60. The van der Waals surface area contributed by atoms with Crippen LogP contribution in [-0.4, -0.2) is 15.8 Å². The first kappa shape index (κ1) is 17.2. The fraction of sp³-hybridized carbons (Fsp3) is 0.273. The van der Waals surface area contributed by atoms with E-state index in [-0.39, 0.29) is 0 Å². The molecule has 3 aromatic rings. The van der Waals surface area contributed by atoms with E-state index >= 15 is 0 Å². The predicted molar refractivity (Wildman–Crippen MR) is 105 cm³/mol. The molecular formula is C22H22N4O. The van der Waals surface area contributed by atoms with Gasteiger partial charge < -0.3 is 10.1 Å². The Balaban J connectivity index is 0.000000872. The minimum absolute atomic E-state index is 0.555. The second-order valence-corrected chi connectivity index (χ2v) is 6.93. The van der Waals surface area contributed by atoms with Crippen LogP contribution in [0.1, 0.15) is 30.5 Å². The Morgan fingerprint density at radius 2 is 1.89 bits per heavy atom. The van der Waals surface area contributed by atoms with E-state index in [1.54, 1.807) is 0 Å². The number of rotatable bonds is 3. The van der Waals surface area contributed by atoms with E-state index in [9.17, 15) is 0 Å². The highest BCUT2D eigenvalue weighted by molar-refractivity contribution is 5.59. The highest BCUT2D eigenvalue weighted by Gasteiger charge is 2.20. The molecule has 1 aliphatic carbocycles. The molecule has 5 heteroatoms. The topological polar surface area (TPSA) is 62.9 Å². The number of ether oxygens (including phenoxy) is 1. The fourth-order valence-electron chi connectivity index (χ4n) is 3.47. The molecule has 1 fully saturated rings. The van der Waals surface area contributed by atoms with E-state index in [4.69, 9.17) is 15.1 Å². The zero-order valence-electron chi connectivity index (χ0n) is 15.1. The van der Waals surface area contributed by atoms with E-state index in [1.807, 2.05) is 18.2 Å². The second-order valence-electron chi connectivity index (χ2n) is 6.93. The van der Waals surface area contributed by atoms with Crippen LogP contribution in [-0.2, 0) is 13.2 Å². The normalized spacial score (nSPS) is 15.0. The van der Waals surface area contributed by atoms with Crippen LogP contribution in [0.2, 0.25) is 0 Å². The third kappa shape index (κ3) is 3.52. The van der Waals surface area contributed by atoms with Gasteiger partial charge in [-0.05, 0) is 31.4 Å². The van der Waals surface area contributed by atoms with Crippen molar-refractivity contribution in [3.05, 3.63) is 65.9 Å². The van der Waals surface area contributed by atoms with Gasteiger partial charge in [-0.2, -0.15) is 5.10 Å². The number of hydrogen-bond acceptors (Lipinski definition) is 4. The van der Waals surface area contributed by atoms with Gasteiger partial charge in [-0.1, -0.05) is 36.4 Å². The number of benzene rings is 2. The van der Waals surface area contributed by atoms with E-state index in [0.717, 1.165) is 34.9 Å². The highest BCUT2D eigenvalue weighted by Crippen LogP contribution is 2.31. The molecule has 1 N–H and O–H groups in total. The lowest BCUT2D eigenvalue weighted by Gasteiger charge is -2.27. The number of nitrogens with one attached hydrogen (secondary N) is 1. The standard InChI is InChI=1S/C21H21N3O.CHN/c1-2-5-15(6-3-1)20-12-19-14-25-21-11-18(22-17-7-4-8-17)10-9-16(21)13-24(19)23-20;1-2/h1-3,5-6,9-12,17,22H,4,7-8,13-14H2;1H. The maximum Gasteiger partial charge on any atom is 0.130 e. The molecule has 2 aromatic carbocycles. The molecule has 1 aromatic heterocycles. The Kier molecular flexibility index (Phi) is 4.80. The summed E-state index contributed by atoms with van der Waals surface area (Å²) >= 11 is 0. The van der Waals surface area contributed by atoms with Crippen molar-refractivity contribution < 1.29 is 4.74 Å². The molecule has 136 valence electrons. The fourth-order valence-corrected chi connectivity index (χ4v) is 3.47. The molecule has 1 saturated carbocycles. The monoisotopic (exact) mass is 358 g/mol. The summed E-state index contributed by atoms with van der Waals surface area (Å²) < 4.78 is 8.16. The first-order valence-corrected chi connectivity index (χ1v) is 9.25. The Morgan fingerprint density at radius 1 is 1.07 bits per heavy atom. The molecule has 5 rings (SSSR count). The number of nitrogens with zero attached hydrogens (tertiary/aromatic N) is 3. The third-order valence-electron chi connectivity index (χ3n) is 5.17. The molecular weight excluding hydrogens is 336 g/mol. The summed E-state index contributed by atoms with van der Waals surface area (Å²) in [6, 6.07) is 19.5. The minimum Gasteiger partial charge on any atom is -0.487 e. The molecule has 0 spiro atoms. The molecule has 0 bridgehead atoms. The van der Waals surface area contributed by atoms with Gasteiger partial charge in [0.05, 0.1) is 17.9 Å².